The highest BCUT2D eigenvalue weighted by atomic mass is 32.1. The maximum Gasteiger partial charge on any atom is 0.153 e. The summed E-state index contributed by atoms with van der Waals surface area (Å²) in [5, 5.41) is 10.3. The Morgan fingerprint density at radius 3 is 3.00 bits per heavy atom. The van der Waals surface area contributed by atoms with Gasteiger partial charge in [0.1, 0.15) is 5.41 Å². The Morgan fingerprint density at radius 2 is 2.44 bits per heavy atom. The van der Waals surface area contributed by atoms with Crippen molar-refractivity contribution >= 4 is 17.1 Å². The smallest absolute Gasteiger partial charge is 0.153 e. The van der Waals surface area contributed by atoms with E-state index in [2.05, 4.69) is 11.1 Å². The van der Waals surface area contributed by atoms with Gasteiger partial charge in [-0.15, -0.1) is 11.3 Å². The van der Waals surface area contributed by atoms with Crippen LogP contribution >= 0.6 is 11.3 Å². The van der Waals surface area contributed by atoms with Gasteiger partial charge < -0.3 is 0 Å². The molecule has 16 heavy (non-hydrogen) atoms. The van der Waals surface area contributed by atoms with E-state index >= 15 is 0 Å². The highest BCUT2D eigenvalue weighted by Crippen LogP contribution is 2.36. The predicted molar refractivity (Wildman–Crippen MR) is 62.1 cm³/mol. The van der Waals surface area contributed by atoms with Crippen LogP contribution < -0.4 is 0 Å². The summed E-state index contributed by atoms with van der Waals surface area (Å²) in [6.07, 6.45) is 5.53. The topological polar surface area (TPSA) is 53.8 Å². The minimum atomic E-state index is -0.767. The Balaban J connectivity index is 2.22. The Hall–Kier alpha value is -1.21. The molecule has 1 saturated carbocycles. The SMILES string of the molecule is Cc1ncc(CC2(C#N)CCCCC2=O)s1. The zero-order chi connectivity index (χ0) is 11.6. The quantitative estimate of drug-likeness (QED) is 0.790. The summed E-state index contributed by atoms with van der Waals surface area (Å²) in [4.78, 5) is 17.1. The number of hydrogen-bond acceptors (Lipinski definition) is 4. The maximum absolute atomic E-state index is 11.9. The number of carbonyl (C=O) groups is 1. The van der Waals surface area contributed by atoms with Crippen LogP contribution in [0.2, 0.25) is 0 Å². The standard InChI is InChI=1S/C12H14N2OS/c1-9-14-7-10(16-9)6-12(8-13)5-3-2-4-11(12)15/h7H,2-6H2,1H3. The molecule has 1 fully saturated rings. The van der Waals surface area contributed by atoms with Crippen molar-refractivity contribution in [1.29, 1.82) is 5.26 Å². The number of Topliss-reactive ketones (excluding diaryl/α,β-unsaturated/α-hetero) is 1. The second-order valence-corrected chi connectivity index (χ2v) is 5.67. The third kappa shape index (κ3) is 2.00. The number of aromatic nitrogens is 1. The van der Waals surface area contributed by atoms with Crippen molar-refractivity contribution in [1.82, 2.24) is 4.98 Å². The lowest BCUT2D eigenvalue weighted by molar-refractivity contribution is -0.128. The van der Waals surface area contributed by atoms with Crippen molar-refractivity contribution in [3.05, 3.63) is 16.1 Å². The third-order valence-corrected chi connectivity index (χ3v) is 4.06. The lowest BCUT2D eigenvalue weighted by Crippen LogP contribution is -2.34. The van der Waals surface area contributed by atoms with E-state index in [1.807, 2.05) is 6.92 Å². The van der Waals surface area contributed by atoms with E-state index in [-0.39, 0.29) is 5.78 Å². The summed E-state index contributed by atoms with van der Waals surface area (Å²) in [5.41, 5.74) is -0.767. The highest BCUT2D eigenvalue weighted by molar-refractivity contribution is 7.11. The van der Waals surface area contributed by atoms with Crippen molar-refractivity contribution in [2.45, 2.75) is 39.0 Å². The molecule has 0 aromatic carbocycles. The van der Waals surface area contributed by atoms with Crippen molar-refractivity contribution in [2.75, 3.05) is 0 Å². The minimum absolute atomic E-state index is 0.118. The first-order valence-corrected chi connectivity index (χ1v) is 6.34. The van der Waals surface area contributed by atoms with E-state index in [9.17, 15) is 10.1 Å². The zero-order valence-corrected chi connectivity index (χ0v) is 10.1. The molecule has 0 aliphatic heterocycles. The first-order chi connectivity index (χ1) is 7.66. The zero-order valence-electron chi connectivity index (χ0n) is 9.32. The van der Waals surface area contributed by atoms with Gasteiger partial charge in [-0.1, -0.05) is 6.42 Å². The number of nitrogens with zero attached hydrogens (tertiary/aromatic N) is 2. The number of nitriles is 1. The van der Waals surface area contributed by atoms with Gasteiger partial charge >= 0.3 is 0 Å². The van der Waals surface area contributed by atoms with Crippen LogP contribution in [0.1, 0.15) is 35.6 Å². The van der Waals surface area contributed by atoms with Crippen LogP contribution in [0.5, 0.6) is 0 Å². The van der Waals surface area contributed by atoms with Gasteiger partial charge in [0.25, 0.3) is 0 Å². The molecule has 4 heteroatoms. The fourth-order valence-electron chi connectivity index (χ4n) is 2.22. The van der Waals surface area contributed by atoms with Gasteiger partial charge in [0, 0.05) is 23.9 Å². The fraction of sp³-hybridized carbons (Fsp3) is 0.583. The van der Waals surface area contributed by atoms with Crippen molar-refractivity contribution in [3.63, 3.8) is 0 Å². The molecule has 1 unspecified atom stereocenters. The van der Waals surface area contributed by atoms with E-state index in [0.29, 0.717) is 19.3 Å². The molecule has 1 aliphatic rings. The second-order valence-electron chi connectivity index (χ2n) is 4.35. The number of hydrogen-bond donors (Lipinski definition) is 0. The van der Waals surface area contributed by atoms with Crippen molar-refractivity contribution in [2.24, 2.45) is 5.41 Å². The van der Waals surface area contributed by atoms with Crippen LogP contribution in [-0.2, 0) is 11.2 Å². The molecule has 1 aromatic rings. The maximum atomic E-state index is 11.9. The van der Waals surface area contributed by atoms with Gasteiger partial charge in [-0.3, -0.25) is 4.79 Å². The monoisotopic (exact) mass is 234 g/mol. The summed E-state index contributed by atoms with van der Waals surface area (Å²) < 4.78 is 0. The fourth-order valence-corrected chi connectivity index (χ4v) is 3.13. The van der Waals surface area contributed by atoms with Crippen molar-refractivity contribution in [3.8, 4) is 6.07 Å². The second kappa shape index (κ2) is 4.34. The molecule has 3 nitrogen and oxygen atoms in total. The summed E-state index contributed by atoms with van der Waals surface area (Å²) in [6.45, 7) is 1.94. The number of rotatable bonds is 2. The van der Waals surface area contributed by atoms with Crippen LogP contribution in [-0.4, -0.2) is 10.8 Å². The van der Waals surface area contributed by atoms with E-state index in [1.165, 1.54) is 0 Å². The van der Waals surface area contributed by atoms with Crippen LogP contribution in [0.3, 0.4) is 0 Å². The Bertz CT molecular complexity index is 446. The molecule has 1 heterocycles. The van der Waals surface area contributed by atoms with Gasteiger partial charge in [0.2, 0.25) is 0 Å². The van der Waals surface area contributed by atoms with Gasteiger partial charge in [-0.2, -0.15) is 5.26 Å². The first kappa shape index (κ1) is 11.3. The van der Waals surface area contributed by atoms with E-state index in [1.54, 1.807) is 17.5 Å². The first-order valence-electron chi connectivity index (χ1n) is 5.52. The summed E-state index contributed by atoms with van der Waals surface area (Å²) in [7, 11) is 0. The van der Waals surface area contributed by atoms with Gasteiger partial charge in [0.05, 0.1) is 11.1 Å². The number of carbonyl (C=O) groups excluding carboxylic acids is 1. The lowest BCUT2D eigenvalue weighted by Gasteiger charge is -2.28. The van der Waals surface area contributed by atoms with Crippen LogP contribution in [0.25, 0.3) is 0 Å². The van der Waals surface area contributed by atoms with Gasteiger partial charge in [0.15, 0.2) is 5.78 Å². The molecular formula is C12H14N2OS. The molecule has 0 N–H and O–H groups in total. The number of thiazole rings is 1. The molecule has 0 radical (unpaired) electrons. The molecule has 2 rings (SSSR count). The Labute approximate surface area is 99.1 Å². The van der Waals surface area contributed by atoms with Crippen molar-refractivity contribution < 1.29 is 4.79 Å². The molecule has 1 aliphatic carbocycles. The van der Waals surface area contributed by atoms with Gasteiger partial charge in [-0.05, 0) is 19.8 Å². The molecular weight excluding hydrogens is 220 g/mol. The Morgan fingerprint density at radius 1 is 1.62 bits per heavy atom. The average Bonchev–Trinajstić information content (AvgIpc) is 2.67. The molecule has 0 saturated heterocycles. The number of ketones is 1. The van der Waals surface area contributed by atoms with E-state index in [4.69, 9.17) is 0 Å². The summed E-state index contributed by atoms with van der Waals surface area (Å²) >= 11 is 1.58. The van der Waals surface area contributed by atoms with Crippen LogP contribution in [0, 0.1) is 23.7 Å². The van der Waals surface area contributed by atoms with Crippen LogP contribution in [0.4, 0.5) is 0 Å². The van der Waals surface area contributed by atoms with Crippen LogP contribution in [0.15, 0.2) is 6.20 Å². The van der Waals surface area contributed by atoms with Gasteiger partial charge in [-0.25, -0.2) is 4.98 Å². The molecule has 1 atom stereocenters. The minimum Gasteiger partial charge on any atom is -0.298 e. The van der Waals surface area contributed by atoms with E-state index < -0.39 is 5.41 Å². The summed E-state index contributed by atoms with van der Waals surface area (Å²) in [6, 6.07) is 2.25. The molecule has 0 bridgehead atoms. The third-order valence-electron chi connectivity index (χ3n) is 3.15. The molecule has 0 amide bonds. The lowest BCUT2D eigenvalue weighted by atomic mass is 9.72. The number of aryl methyl sites for hydroxylation is 1. The molecule has 84 valence electrons. The molecule has 1 aromatic heterocycles. The predicted octanol–water partition coefficient (Wildman–Crippen LogP) is 2.65. The highest BCUT2D eigenvalue weighted by Gasteiger charge is 2.40. The molecule has 0 spiro atoms. The van der Waals surface area contributed by atoms with E-state index in [0.717, 1.165) is 22.7 Å². The normalized spacial score (nSPS) is 25.4. The Kier molecular flexibility index (Phi) is 3.06. The average molecular weight is 234 g/mol. The largest absolute Gasteiger partial charge is 0.298 e. The summed E-state index contributed by atoms with van der Waals surface area (Å²) in [5.74, 6) is 0.118.